The molecule has 0 bridgehead atoms. The molecule has 0 saturated carbocycles. The number of benzene rings is 1. The Morgan fingerprint density at radius 1 is 1.11 bits per heavy atom. The zero-order valence-electron chi connectivity index (χ0n) is 17.1. The van der Waals surface area contributed by atoms with Crippen LogP contribution in [0.25, 0.3) is 11.3 Å². The van der Waals surface area contributed by atoms with Gasteiger partial charge in [0, 0.05) is 31.0 Å². The molecule has 1 aliphatic rings. The first-order valence-electron chi connectivity index (χ1n) is 10.2. The summed E-state index contributed by atoms with van der Waals surface area (Å²) in [7, 11) is 0. The second kappa shape index (κ2) is 8.23. The molecule has 1 aromatic carbocycles. The quantitative estimate of drug-likeness (QED) is 0.669. The number of aryl methyl sites for hydroxylation is 1. The molecular formula is C23H29N5. The van der Waals surface area contributed by atoms with E-state index in [0.29, 0.717) is 6.54 Å². The van der Waals surface area contributed by atoms with Crippen LogP contribution in [0, 0.1) is 19.8 Å². The number of hydrogen-bond donors (Lipinski definition) is 0. The van der Waals surface area contributed by atoms with E-state index in [1.165, 1.54) is 53.7 Å². The molecule has 1 fully saturated rings. The number of hydrogen-bond acceptors (Lipinski definition) is 4. The van der Waals surface area contributed by atoms with E-state index >= 15 is 0 Å². The van der Waals surface area contributed by atoms with Crippen LogP contribution >= 0.6 is 0 Å². The van der Waals surface area contributed by atoms with Crippen molar-refractivity contribution in [2.24, 2.45) is 5.92 Å². The van der Waals surface area contributed by atoms with Crippen molar-refractivity contribution in [1.82, 2.24) is 24.9 Å². The van der Waals surface area contributed by atoms with Crippen LogP contribution in [0.2, 0.25) is 0 Å². The highest BCUT2D eigenvalue weighted by Gasteiger charge is 2.18. The zero-order chi connectivity index (χ0) is 19.5. The molecule has 3 aromatic rings. The molecular weight excluding hydrogens is 346 g/mol. The van der Waals surface area contributed by atoms with Crippen LogP contribution in [-0.4, -0.2) is 38.0 Å². The fourth-order valence-electron chi connectivity index (χ4n) is 4.21. The average molecular weight is 376 g/mol. The minimum absolute atomic E-state index is 0.707. The third-order valence-electron chi connectivity index (χ3n) is 5.70. The molecule has 1 saturated heterocycles. The molecule has 3 heterocycles. The molecule has 0 unspecified atom stereocenters. The fourth-order valence-corrected chi connectivity index (χ4v) is 4.21. The Balaban J connectivity index is 1.57. The second-order valence-corrected chi connectivity index (χ2v) is 8.24. The van der Waals surface area contributed by atoms with Crippen molar-refractivity contribution < 1.29 is 0 Å². The van der Waals surface area contributed by atoms with Crippen LogP contribution in [0.1, 0.15) is 42.0 Å². The van der Waals surface area contributed by atoms with E-state index in [4.69, 9.17) is 0 Å². The van der Waals surface area contributed by atoms with Crippen LogP contribution < -0.4 is 0 Å². The van der Waals surface area contributed by atoms with Gasteiger partial charge in [-0.3, -0.25) is 9.88 Å². The maximum atomic E-state index is 4.47. The molecule has 0 N–H and O–H groups in total. The smallest absolute Gasteiger partial charge is 0.113 e. The Labute approximate surface area is 167 Å². The van der Waals surface area contributed by atoms with Crippen LogP contribution in [0.5, 0.6) is 0 Å². The maximum absolute atomic E-state index is 4.47. The Bertz CT molecular complexity index is 931. The van der Waals surface area contributed by atoms with Gasteiger partial charge in [-0.2, -0.15) is 0 Å². The third-order valence-corrected chi connectivity index (χ3v) is 5.70. The number of aromatic nitrogens is 4. The Morgan fingerprint density at radius 3 is 2.71 bits per heavy atom. The molecule has 4 rings (SSSR count). The van der Waals surface area contributed by atoms with Crippen molar-refractivity contribution in [3.05, 3.63) is 65.1 Å². The molecule has 0 aliphatic carbocycles. The van der Waals surface area contributed by atoms with Gasteiger partial charge in [-0.15, -0.1) is 5.10 Å². The highest BCUT2D eigenvalue weighted by molar-refractivity contribution is 5.65. The summed E-state index contributed by atoms with van der Waals surface area (Å²) < 4.78 is 1.90. The van der Waals surface area contributed by atoms with E-state index in [0.717, 1.165) is 18.2 Å². The van der Waals surface area contributed by atoms with E-state index in [2.05, 4.69) is 59.3 Å². The first-order chi connectivity index (χ1) is 13.6. The Kier molecular flexibility index (Phi) is 5.53. The van der Waals surface area contributed by atoms with Crippen molar-refractivity contribution >= 4 is 0 Å². The first-order valence-corrected chi connectivity index (χ1v) is 10.2. The highest BCUT2D eigenvalue weighted by atomic mass is 15.4. The monoisotopic (exact) mass is 375 g/mol. The van der Waals surface area contributed by atoms with Gasteiger partial charge in [0.15, 0.2) is 0 Å². The van der Waals surface area contributed by atoms with E-state index in [9.17, 15) is 0 Å². The summed E-state index contributed by atoms with van der Waals surface area (Å²) in [5, 5.41) is 8.82. The molecule has 28 heavy (non-hydrogen) atoms. The summed E-state index contributed by atoms with van der Waals surface area (Å²) in [5.74, 6) is 0.798. The van der Waals surface area contributed by atoms with Crippen LogP contribution in [0.3, 0.4) is 0 Å². The van der Waals surface area contributed by atoms with Crippen LogP contribution in [0.4, 0.5) is 0 Å². The molecule has 1 atom stereocenters. The van der Waals surface area contributed by atoms with Crippen LogP contribution in [0.15, 0.2) is 42.9 Å². The molecule has 2 aromatic heterocycles. The predicted molar refractivity (Wildman–Crippen MR) is 112 cm³/mol. The summed E-state index contributed by atoms with van der Waals surface area (Å²) in [5.41, 5.74) is 7.33. The Morgan fingerprint density at radius 2 is 1.93 bits per heavy atom. The second-order valence-electron chi connectivity index (χ2n) is 8.24. The minimum atomic E-state index is 0.707. The van der Waals surface area contributed by atoms with Crippen molar-refractivity contribution in [1.29, 1.82) is 0 Å². The van der Waals surface area contributed by atoms with Crippen molar-refractivity contribution in [2.45, 2.75) is 46.7 Å². The van der Waals surface area contributed by atoms with E-state index in [1.54, 1.807) is 0 Å². The van der Waals surface area contributed by atoms with Crippen molar-refractivity contribution in [3.63, 3.8) is 0 Å². The Hall–Kier alpha value is -2.53. The van der Waals surface area contributed by atoms with Gasteiger partial charge in [0.05, 0.1) is 12.7 Å². The van der Waals surface area contributed by atoms with Crippen molar-refractivity contribution in [2.75, 3.05) is 13.1 Å². The summed E-state index contributed by atoms with van der Waals surface area (Å²) in [4.78, 5) is 6.67. The number of rotatable bonds is 5. The fraction of sp³-hybridized carbons (Fsp3) is 0.435. The summed E-state index contributed by atoms with van der Waals surface area (Å²) >= 11 is 0. The SMILES string of the molecule is Cc1cc(CN2CCC[C@H](C)C2)c(C)c(-c2cn(Cc3ccncc3)nn2)c1. The standard InChI is InChI=1S/C23H29N5/c1-17-5-4-10-27(13-17)15-21-11-18(2)12-22(19(21)3)23-16-28(26-25-23)14-20-6-8-24-9-7-20/h6-9,11-12,16-17H,4-5,10,13-15H2,1-3H3/t17-/m0/s1. The largest absolute Gasteiger partial charge is 0.299 e. The molecule has 1 aliphatic heterocycles. The van der Waals surface area contributed by atoms with Gasteiger partial charge in [-0.25, -0.2) is 4.68 Å². The topological polar surface area (TPSA) is 46.8 Å². The summed E-state index contributed by atoms with van der Waals surface area (Å²) in [6.45, 7) is 10.9. The minimum Gasteiger partial charge on any atom is -0.299 e. The van der Waals surface area contributed by atoms with Gasteiger partial charge >= 0.3 is 0 Å². The number of nitrogens with zero attached hydrogens (tertiary/aromatic N) is 5. The average Bonchev–Trinajstić information content (AvgIpc) is 3.13. The normalized spacial score (nSPS) is 17.8. The van der Waals surface area contributed by atoms with Crippen molar-refractivity contribution in [3.8, 4) is 11.3 Å². The van der Waals surface area contributed by atoms with Gasteiger partial charge in [0.25, 0.3) is 0 Å². The lowest BCUT2D eigenvalue weighted by molar-refractivity contribution is 0.176. The highest BCUT2D eigenvalue weighted by Crippen LogP contribution is 2.28. The summed E-state index contributed by atoms with van der Waals surface area (Å²) in [6.07, 6.45) is 8.34. The predicted octanol–water partition coefficient (Wildman–Crippen LogP) is 4.24. The van der Waals surface area contributed by atoms with E-state index in [-0.39, 0.29) is 0 Å². The van der Waals surface area contributed by atoms with Crippen LogP contribution in [-0.2, 0) is 13.1 Å². The molecule has 0 radical (unpaired) electrons. The number of pyridine rings is 1. The maximum Gasteiger partial charge on any atom is 0.113 e. The number of piperidine rings is 1. The van der Waals surface area contributed by atoms with E-state index < -0.39 is 0 Å². The van der Waals surface area contributed by atoms with Gasteiger partial charge in [-0.05, 0) is 74.0 Å². The molecule has 0 spiro atoms. The molecule has 146 valence electrons. The molecule has 0 amide bonds. The summed E-state index contributed by atoms with van der Waals surface area (Å²) in [6, 6.07) is 8.59. The van der Waals surface area contributed by atoms with Gasteiger partial charge < -0.3 is 0 Å². The zero-order valence-corrected chi connectivity index (χ0v) is 17.1. The molecule has 5 nitrogen and oxygen atoms in total. The number of likely N-dealkylation sites (tertiary alicyclic amines) is 1. The first kappa shape index (κ1) is 18.8. The lowest BCUT2D eigenvalue weighted by Gasteiger charge is -2.31. The van der Waals surface area contributed by atoms with Gasteiger partial charge in [-0.1, -0.05) is 23.8 Å². The van der Waals surface area contributed by atoms with Gasteiger partial charge in [0.2, 0.25) is 0 Å². The lowest BCUT2D eigenvalue weighted by atomic mass is 9.95. The lowest BCUT2D eigenvalue weighted by Crippen LogP contribution is -2.33. The molecule has 5 heteroatoms. The van der Waals surface area contributed by atoms with Gasteiger partial charge in [0.1, 0.15) is 5.69 Å². The third kappa shape index (κ3) is 4.30. The van der Waals surface area contributed by atoms with E-state index in [1.807, 2.05) is 29.2 Å².